The second-order valence-corrected chi connectivity index (χ2v) is 5.25. The van der Waals surface area contributed by atoms with Gasteiger partial charge in [0.15, 0.2) is 0 Å². The Balaban J connectivity index is 1.85. The van der Waals surface area contributed by atoms with Crippen LogP contribution in [0.25, 0.3) is 0 Å². The average molecular weight is 282 g/mol. The third kappa shape index (κ3) is 2.59. The van der Waals surface area contributed by atoms with E-state index >= 15 is 0 Å². The number of nitriles is 1. The summed E-state index contributed by atoms with van der Waals surface area (Å²) in [5, 5.41) is 17.5. The molecule has 3 heterocycles. The molecule has 3 rings (SSSR count). The summed E-state index contributed by atoms with van der Waals surface area (Å²) in [5.74, 6) is 2.17. The zero-order valence-electron chi connectivity index (χ0n) is 12.1. The lowest BCUT2D eigenvalue weighted by Crippen LogP contribution is -2.36. The average Bonchev–Trinajstić information content (AvgIpc) is 3.03. The van der Waals surface area contributed by atoms with Crippen molar-refractivity contribution in [2.24, 2.45) is 0 Å². The van der Waals surface area contributed by atoms with Gasteiger partial charge in [-0.3, -0.25) is 0 Å². The number of pyridine rings is 1. The van der Waals surface area contributed by atoms with Gasteiger partial charge in [-0.25, -0.2) is 4.98 Å². The molecule has 108 valence electrons. The van der Waals surface area contributed by atoms with Crippen LogP contribution in [0, 0.1) is 11.3 Å². The molecule has 0 radical (unpaired) electrons. The third-order valence-electron chi connectivity index (χ3n) is 3.98. The molecular weight excluding hydrogens is 264 g/mol. The van der Waals surface area contributed by atoms with Crippen molar-refractivity contribution in [2.45, 2.75) is 32.2 Å². The predicted octanol–water partition coefficient (Wildman–Crippen LogP) is 1.95. The molecule has 21 heavy (non-hydrogen) atoms. The minimum Gasteiger partial charge on any atom is -0.355 e. The van der Waals surface area contributed by atoms with Crippen LogP contribution in [0.15, 0.2) is 24.7 Å². The quantitative estimate of drug-likeness (QED) is 0.860. The first-order valence-electron chi connectivity index (χ1n) is 7.31. The Labute approximate surface area is 124 Å². The molecule has 1 saturated heterocycles. The molecule has 0 aliphatic carbocycles. The third-order valence-corrected chi connectivity index (χ3v) is 3.98. The fraction of sp³-hybridized carbons (Fsp3) is 0.467. The van der Waals surface area contributed by atoms with Crippen molar-refractivity contribution < 1.29 is 0 Å². The molecule has 1 unspecified atom stereocenters. The summed E-state index contributed by atoms with van der Waals surface area (Å²) in [6, 6.07) is 5.85. The van der Waals surface area contributed by atoms with Crippen molar-refractivity contribution in [3.8, 4) is 6.07 Å². The van der Waals surface area contributed by atoms with Crippen molar-refractivity contribution in [2.75, 3.05) is 18.0 Å². The van der Waals surface area contributed by atoms with E-state index in [1.807, 2.05) is 6.07 Å². The zero-order valence-corrected chi connectivity index (χ0v) is 12.1. The van der Waals surface area contributed by atoms with E-state index in [2.05, 4.69) is 37.6 Å². The summed E-state index contributed by atoms with van der Waals surface area (Å²) in [5.41, 5.74) is 0.634. The SMILES string of the molecule is CCn1cnnc1C1CCCN(c2ncccc2C#N)C1. The monoisotopic (exact) mass is 282 g/mol. The summed E-state index contributed by atoms with van der Waals surface area (Å²) < 4.78 is 2.10. The molecule has 0 N–H and O–H groups in total. The van der Waals surface area contributed by atoms with Gasteiger partial charge in [-0.2, -0.15) is 5.26 Å². The van der Waals surface area contributed by atoms with Gasteiger partial charge in [-0.05, 0) is 31.9 Å². The fourth-order valence-electron chi connectivity index (χ4n) is 2.94. The van der Waals surface area contributed by atoms with Crippen LogP contribution in [0.3, 0.4) is 0 Å². The molecule has 0 aromatic carbocycles. The van der Waals surface area contributed by atoms with Gasteiger partial charge in [-0.15, -0.1) is 10.2 Å². The second-order valence-electron chi connectivity index (χ2n) is 5.25. The topological polar surface area (TPSA) is 70.6 Å². The highest BCUT2D eigenvalue weighted by Crippen LogP contribution is 2.29. The van der Waals surface area contributed by atoms with E-state index in [9.17, 15) is 5.26 Å². The van der Waals surface area contributed by atoms with Crippen molar-refractivity contribution in [1.82, 2.24) is 19.7 Å². The molecule has 1 atom stereocenters. The Bertz CT molecular complexity index is 656. The van der Waals surface area contributed by atoms with Gasteiger partial charge in [0.25, 0.3) is 0 Å². The molecule has 1 aliphatic heterocycles. The summed E-state index contributed by atoms with van der Waals surface area (Å²) in [6.45, 7) is 4.75. The fourth-order valence-corrected chi connectivity index (χ4v) is 2.94. The van der Waals surface area contributed by atoms with Crippen LogP contribution >= 0.6 is 0 Å². The highest BCUT2D eigenvalue weighted by molar-refractivity contribution is 5.53. The van der Waals surface area contributed by atoms with Crippen LogP contribution in [-0.2, 0) is 6.54 Å². The van der Waals surface area contributed by atoms with Crippen LogP contribution in [-0.4, -0.2) is 32.8 Å². The van der Waals surface area contributed by atoms with E-state index in [1.54, 1.807) is 18.6 Å². The second kappa shape index (κ2) is 5.92. The minimum atomic E-state index is 0.342. The standard InChI is InChI=1S/C15H18N6/c1-2-20-11-18-19-15(20)13-6-4-8-21(10-13)14-12(9-16)5-3-7-17-14/h3,5,7,11,13H,2,4,6,8,10H2,1H3. The molecule has 6 heteroatoms. The molecule has 0 saturated carbocycles. The Morgan fingerprint density at radius 2 is 2.38 bits per heavy atom. The summed E-state index contributed by atoms with van der Waals surface area (Å²) >= 11 is 0. The van der Waals surface area contributed by atoms with Gasteiger partial charge < -0.3 is 9.47 Å². The van der Waals surface area contributed by atoms with E-state index < -0.39 is 0 Å². The molecule has 1 aliphatic rings. The lowest BCUT2D eigenvalue weighted by atomic mass is 9.96. The Hall–Kier alpha value is -2.42. The Morgan fingerprint density at radius 3 is 3.19 bits per heavy atom. The number of hydrogen-bond acceptors (Lipinski definition) is 5. The molecule has 0 bridgehead atoms. The number of hydrogen-bond donors (Lipinski definition) is 0. The first-order chi connectivity index (χ1) is 10.3. The van der Waals surface area contributed by atoms with E-state index in [-0.39, 0.29) is 0 Å². The number of piperidine rings is 1. The summed E-state index contributed by atoms with van der Waals surface area (Å²) in [7, 11) is 0. The van der Waals surface area contributed by atoms with E-state index in [1.165, 1.54) is 0 Å². The van der Waals surface area contributed by atoms with Crippen LogP contribution < -0.4 is 4.90 Å². The number of nitrogens with zero attached hydrogens (tertiary/aromatic N) is 6. The van der Waals surface area contributed by atoms with Gasteiger partial charge in [0.1, 0.15) is 24.0 Å². The largest absolute Gasteiger partial charge is 0.355 e. The first-order valence-corrected chi connectivity index (χ1v) is 7.31. The smallest absolute Gasteiger partial charge is 0.146 e. The van der Waals surface area contributed by atoms with Crippen LogP contribution in [0.2, 0.25) is 0 Å². The van der Waals surface area contributed by atoms with Gasteiger partial charge in [0, 0.05) is 31.7 Å². The van der Waals surface area contributed by atoms with E-state index in [0.717, 1.165) is 44.1 Å². The number of aromatic nitrogens is 4. The van der Waals surface area contributed by atoms with Crippen LogP contribution in [0.5, 0.6) is 0 Å². The Morgan fingerprint density at radius 1 is 1.48 bits per heavy atom. The molecular formula is C15H18N6. The van der Waals surface area contributed by atoms with Gasteiger partial charge >= 0.3 is 0 Å². The highest BCUT2D eigenvalue weighted by atomic mass is 15.3. The molecule has 2 aromatic heterocycles. The molecule has 2 aromatic rings. The lowest BCUT2D eigenvalue weighted by Gasteiger charge is -2.33. The van der Waals surface area contributed by atoms with Crippen molar-refractivity contribution in [1.29, 1.82) is 5.26 Å². The maximum Gasteiger partial charge on any atom is 0.146 e. The zero-order chi connectivity index (χ0) is 14.7. The highest BCUT2D eigenvalue weighted by Gasteiger charge is 2.26. The first kappa shape index (κ1) is 13.6. The predicted molar refractivity (Wildman–Crippen MR) is 78.8 cm³/mol. The van der Waals surface area contributed by atoms with Crippen LogP contribution in [0.1, 0.15) is 37.1 Å². The number of rotatable bonds is 3. The lowest BCUT2D eigenvalue weighted by molar-refractivity contribution is 0.471. The molecule has 0 spiro atoms. The van der Waals surface area contributed by atoms with Gasteiger partial charge in [-0.1, -0.05) is 0 Å². The summed E-state index contributed by atoms with van der Waals surface area (Å²) in [6.07, 6.45) is 5.71. The van der Waals surface area contributed by atoms with Gasteiger partial charge in [0.05, 0.1) is 5.56 Å². The molecule has 0 amide bonds. The van der Waals surface area contributed by atoms with E-state index in [0.29, 0.717) is 11.5 Å². The Kier molecular flexibility index (Phi) is 3.82. The number of anilines is 1. The summed E-state index contributed by atoms with van der Waals surface area (Å²) in [4.78, 5) is 6.59. The minimum absolute atomic E-state index is 0.342. The van der Waals surface area contributed by atoms with Crippen LogP contribution in [0.4, 0.5) is 5.82 Å². The van der Waals surface area contributed by atoms with Gasteiger partial charge in [0.2, 0.25) is 0 Å². The maximum atomic E-state index is 9.24. The van der Waals surface area contributed by atoms with Crippen molar-refractivity contribution in [3.05, 3.63) is 36.0 Å². The maximum absolute atomic E-state index is 9.24. The normalized spacial score (nSPS) is 18.5. The molecule has 1 fully saturated rings. The van der Waals surface area contributed by atoms with E-state index in [4.69, 9.17) is 0 Å². The van der Waals surface area contributed by atoms with Crippen molar-refractivity contribution >= 4 is 5.82 Å². The van der Waals surface area contributed by atoms with Crippen molar-refractivity contribution in [3.63, 3.8) is 0 Å². The molecule has 6 nitrogen and oxygen atoms in total. The number of aryl methyl sites for hydroxylation is 1.